The van der Waals surface area contributed by atoms with Gasteiger partial charge in [0, 0.05) is 23.8 Å². The van der Waals surface area contributed by atoms with Crippen LogP contribution in [0.4, 0.5) is 17.3 Å². The smallest absolute Gasteiger partial charge is 0.418 e. The van der Waals surface area contributed by atoms with E-state index in [2.05, 4.69) is 136 Å². The average Bonchev–Trinajstić information content (AvgIpc) is 3.82. The van der Waals surface area contributed by atoms with Gasteiger partial charge in [0.1, 0.15) is 11.6 Å². The van der Waals surface area contributed by atoms with Crippen molar-refractivity contribution in [3.8, 4) is 33.9 Å². The van der Waals surface area contributed by atoms with Gasteiger partial charge in [-0.1, -0.05) is 168 Å². The number of hydrogen-bond acceptors (Lipinski definition) is 5. The van der Waals surface area contributed by atoms with Crippen molar-refractivity contribution < 1.29 is 21.1 Å². The number of rotatable bonds is 7. The molecule has 0 saturated carbocycles. The Bertz CT molecular complexity index is 2050. The molecule has 0 atom stereocenters. The molecule has 7 aromatic rings. The molecule has 0 aliphatic rings. The summed E-state index contributed by atoms with van der Waals surface area (Å²) in [4.78, 5) is 21.8. The van der Waals surface area contributed by atoms with E-state index < -0.39 is 0 Å². The second-order valence-electron chi connectivity index (χ2n) is 14.2. The first kappa shape index (κ1) is 34.7. The molecule has 4 heterocycles. The van der Waals surface area contributed by atoms with E-state index in [0.717, 1.165) is 39.3 Å². The number of imidazole rings is 2. The van der Waals surface area contributed by atoms with E-state index in [9.17, 15) is 0 Å². The van der Waals surface area contributed by atoms with Crippen molar-refractivity contribution >= 4 is 17.3 Å². The Labute approximate surface area is 309 Å². The van der Waals surface area contributed by atoms with Crippen molar-refractivity contribution in [1.82, 2.24) is 29.1 Å². The van der Waals surface area contributed by atoms with Gasteiger partial charge in [0.05, 0.1) is 17.3 Å². The summed E-state index contributed by atoms with van der Waals surface area (Å²) in [6.45, 7) is 12.9. The maximum atomic E-state index is 5.25. The van der Waals surface area contributed by atoms with E-state index in [4.69, 9.17) is 9.97 Å². The molecule has 0 spiro atoms. The van der Waals surface area contributed by atoms with Gasteiger partial charge in [0.15, 0.2) is 0 Å². The molecule has 0 bridgehead atoms. The van der Waals surface area contributed by atoms with E-state index in [-0.39, 0.29) is 31.9 Å². The SMILES string of the molecule is CC(C)(C)c1cn(-c2cccc(N(c3cccc(-n4[c-]nc(C(C)(C)C)c4)n3)c3c(-c4ccccc4)cccc3-c3ccccc3)n2)[c-]n1.[Pt+2]. The summed E-state index contributed by atoms with van der Waals surface area (Å²) < 4.78 is 3.73. The fourth-order valence-corrected chi connectivity index (χ4v) is 5.71. The third kappa shape index (κ3) is 7.10. The molecule has 7 nitrogen and oxygen atoms in total. The van der Waals surface area contributed by atoms with Crippen molar-refractivity contribution in [2.45, 2.75) is 52.4 Å². The van der Waals surface area contributed by atoms with Gasteiger partial charge in [0.2, 0.25) is 0 Å². The van der Waals surface area contributed by atoms with Crippen LogP contribution < -0.4 is 4.90 Å². The molecule has 0 unspecified atom stereocenters. The van der Waals surface area contributed by atoms with Crippen LogP contribution in [0.2, 0.25) is 0 Å². The predicted octanol–water partition coefficient (Wildman–Crippen LogP) is 9.84. The molecule has 7 rings (SSSR count). The van der Waals surface area contributed by atoms with E-state index in [1.54, 1.807) is 0 Å². The maximum Gasteiger partial charge on any atom is 2.00 e. The van der Waals surface area contributed by atoms with Crippen LogP contribution in [-0.4, -0.2) is 29.1 Å². The largest absolute Gasteiger partial charge is 2.00 e. The molecule has 0 N–H and O–H groups in total. The monoisotopic (exact) mass is 836 g/mol. The molecule has 0 saturated heterocycles. The Hall–Kier alpha value is -5.13. The first-order chi connectivity index (χ1) is 23.6. The standard InChI is InChI=1S/C42H39N7.Pt/c1-41(2,3)34-26-47(28-43-34)36-22-14-24-38(45-36)49(39-25-15-23-37(46-39)48-27-35(44-29-48)42(4,5)6)40-32(30-16-9-7-10-17-30)20-13-21-33(40)31-18-11-8-12-19-31;/h7-27H,1-6H3;/q-2;+2. The quantitative estimate of drug-likeness (QED) is 0.150. The zero-order chi connectivity index (χ0) is 34.2. The van der Waals surface area contributed by atoms with Crippen LogP contribution in [0.3, 0.4) is 0 Å². The summed E-state index contributed by atoms with van der Waals surface area (Å²) in [5.41, 5.74) is 6.88. The van der Waals surface area contributed by atoms with Gasteiger partial charge in [-0.05, 0) is 34.1 Å². The van der Waals surface area contributed by atoms with Crippen molar-refractivity contribution in [2.24, 2.45) is 0 Å². The number of benzene rings is 3. The summed E-state index contributed by atoms with van der Waals surface area (Å²) in [6, 6.07) is 39.4. The average molecular weight is 837 g/mol. The molecule has 252 valence electrons. The molecule has 0 aliphatic carbocycles. The molecule has 50 heavy (non-hydrogen) atoms. The maximum absolute atomic E-state index is 5.25. The summed E-state index contributed by atoms with van der Waals surface area (Å²) in [6.07, 6.45) is 10.3. The van der Waals surface area contributed by atoms with Crippen LogP contribution in [0.15, 0.2) is 128 Å². The fourth-order valence-electron chi connectivity index (χ4n) is 5.71. The van der Waals surface area contributed by atoms with Crippen molar-refractivity contribution in [1.29, 1.82) is 0 Å². The first-order valence-electron chi connectivity index (χ1n) is 16.5. The second kappa shape index (κ2) is 14.0. The van der Waals surface area contributed by atoms with Crippen LogP contribution in [0.5, 0.6) is 0 Å². The molecular weight excluding hydrogens is 798 g/mol. The van der Waals surface area contributed by atoms with E-state index >= 15 is 0 Å². The summed E-state index contributed by atoms with van der Waals surface area (Å²) in [7, 11) is 0. The van der Waals surface area contributed by atoms with Gasteiger partial charge in [-0.3, -0.25) is 14.9 Å². The predicted molar refractivity (Wildman–Crippen MR) is 197 cm³/mol. The number of nitrogens with zero attached hydrogens (tertiary/aromatic N) is 7. The molecule has 0 aliphatic heterocycles. The van der Waals surface area contributed by atoms with Gasteiger partial charge < -0.3 is 19.1 Å². The second-order valence-corrected chi connectivity index (χ2v) is 14.2. The zero-order valence-electron chi connectivity index (χ0n) is 29.1. The van der Waals surface area contributed by atoms with Crippen LogP contribution in [0.25, 0.3) is 33.9 Å². The van der Waals surface area contributed by atoms with Gasteiger partial charge in [0.25, 0.3) is 0 Å². The number of pyridine rings is 2. The third-order valence-corrected chi connectivity index (χ3v) is 8.42. The van der Waals surface area contributed by atoms with Gasteiger partial charge in [-0.25, -0.2) is 0 Å². The number of anilines is 3. The van der Waals surface area contributed by atoms with E-state index in [1.165, 1.54) is 0 Å². The number of aromatic nitrogens is 6. The van der Waals surface area contributed by atoms with Gasteiger partial charge >= 0.3 is 21.1 Å². The van der Waals surface area contributed by atoms with Gasteiger partial charge in [-0.2, -0.15) is 0 Å². The minimum Gasteiger partial charge on any atom is -0.418 e. The Balaban J connectivity index is 0.00000432. The normalized spacial score (nSPS) is 11.6. The van der Waals surface area contributed by atoms with Gasteiger partial charge in [-0.15, -0.1) is 0 Å². The third-order valence-electron chi connectivity index (χ3n) is 8.42. The Morgan fingerprint density at radius 3 is 1.28 bits per heavy atom. The molecule has 8 heteroatoms. The molecule has 4 aromatic heterocycles. The number of hydrogen-bond donors (Lipinski definition) is 0. The molecule has 3 aromatic carbocycles. The Morgan fingerprint density at radius 1 is 0.500 bits per heavy atom. The minimum absolute atomic E-state index is 0. The summed E-state index contributed by atoms with van der Waals surface area (Å²) >= 11 is 0. The number of para-hydroxylation sites is 1. The Kier molecular flexibility index (Phi) is 9.73. The molecule has 0 amide bonds. The Morgan fingerprint density at radius 2 is 0.900 bits per heavy atom. The summed E-state index contributed by atoms with van der Waals surface area (Å²) in [5, 5.41) is 0. The topological polar surface area (TPSA) is 64.7 Å². The summed E-state index contributed by atoms with van der Waals surface area (Å²) in [5.74, 6) is 2.81. The first-order valence-corrected chi connectivity index (χ1v) is 16.5. The van der Waals surface area contributed by atoms with E-state index in [0.29, 0.717) is 23.3 Å². The van der Waals surface area contributed by atoms with E-state index in [1.807, 2.05) is 70.1 Å². The fraction of sp³-hybridized carbons (Fsp3) is 0.190. The van der Waals surface area contributed by atoms with Crippen LogP contribution >= 0.6 is 0 Å². The molecule has 0 fully saturated rings. The van der Waals surface area contributed by atoms with Crippen molar-refractivity contribution in [3.63, 3.8) is 0 Å². The van der Waals surface area contributed by atoms with Crippen LogP contribution in [0.1, 0.15) is 52.9 Å². The van der Waals surface area contributed by atoms with Crippen molar-refractivity contribution in [3.05, 3.63) is 152 Å². The molecular formula is C42H39N7Pt. The zero-order valence-corrected chi connectivity index (χ0v) is 31.3. The van der Waals surface area contributed by atoms with Crippen molar-refractivity contribution in [2.75, 3.05) is 4.90 Å². The molecule has 0 radical (unpaired) electrons. The minimum atomic E-state index is -0.119. The van der Waals surface area contributed by atoms with Crippen LogP contribution in [0, 0.1) is 12.7 Å². The van der Waals surface area contributed by atoms with Crippen LogP contribution in [-0.2, 0) is 31.9 Å².